The highest BCUT2D eigenvalue weighted by atomic mass is 16.6. The molecule has 0 saturated heterocycles. The first kappa shape index (κ1) is 5.72. The summed E-state index contributed by atoms with van der Waals surface area (Å²) in [6.07, 6.45) is 2.29. The molecule has 1 rings (SSSR count). The van der Waals surface area contributed by atoms with Crippen LogP contribution in [-0.2, 0) is 4.79 Å². The van der Waals surface area contributed by atoms with Crippen LogP contribution in [0, 0.1) is 5.21 Å². The Balaban J connectivity index is 2.49. The normalized spacial score (nSPS) is 26.8. The molecule has 1 saturated carbocycles. The third kappa shape index (κ3) is 0.877. The summed E-state index contributed by atoms with van der Waals surface area (Å²) in [5.41, 5.74) is 0. The number of carbonyl (C=O) groups excluding carboxylic acids is 1. The molecule has 8 heavy (non-hydrogen) atoms. The van der Waals surface area contributed by atoms with Gasteiger partial charge in [-0.2, -0.15) is 0 Å². The molecule has 0 radical (unpaired) electrons. The molecule has 1 aliphatic rings. The maximum absolute atomic E-state index is 10.8. The summed E-state index contributed by atoms with van der Waals surface area (Å²) >= 11 is 0. The van der Waals surface area contributed by atoms with E-state index in [2.05, 4.69) is 0 Å². The summed E-state index contributed by atoms with van der Waals surface area (Å²) < 4.78 is -0.694. The van der Waals surface area contributed by atoms with Gasteiger partial charge < -0.3 is 9.85 Å². The Labute approximate surface area is 48.1 Å². The monoisotopic (exact) mass is 115 g/mol. The fourth-order valence-corrected chi connectivity index (χ4v) is 0.673. The van der Waals surface area contributed by atoms with Gasteiger partial charge in [0.2, 0.25) is 0 Å². The summed E-state index contributed by atoms with van der Waals surface area (Å²) in [5, 5.41) is 10.8. The lowest BCUT2D eigenvalue weighted by atomic mass is 10.6. The SMILES string of the molecule is C[N+]([O-])(C=O)C1CC1. The highest BCUT2D eigenvalue weighted by molar-refractivity contribution is 5.38. The number of hydrogen-bond acceptors (Lipinski definition) is 2. The Morgan fingerprint density at radius 1 is 1.75 bits per heavy atom. The average Bonchev–Trinajstić information content (AvgIpc) is 2.44. The third-order valence-corrected chi connectivity index (χ3v) is 1.48. The van der Waals surface area contributed by atoms with Crippen molar-refractivity contribution in [2.75, 3.05) is 7.05 Å². The van der Waals surface area contributed by atoms with Crippen LogP contribution in [-0.4, -0.2) is 24.1 Å². The number of rotatable bonds is 2. The first-order valence-corrected chi connectivity index (χ1v) is 2.70. The van der Waals surface area contributed by atoms with Crippen molar-refractivity contribution >= 4 is 6.41 Å². The molecule has 0 aliphatic heterocycles. The lowest BCUT2D eigenvalue weighted by Crippen LogP contribution is -2.37. The number of nitrogens with zero attached hydrogens (tertiary/aromatic N) is 1. The molecule has 0 N–H and O–H groups in total. The maximum atomic E-state index is 10.8. The van der Waals surface area contributed by atoms with Crippen LogP contribution in [0.4, 0.5) is 0 Å². The maximum Gasteiger partial charge on any atom is 0.301 e. The number of hydroxylamine groups is 3. The minimum atomic E-state index is -0.694. The van der Waals surface area contributed by atoms with Crippen LogP contribution in [0.15, 0.2) is 0 Å². The van der Waals surface area contributed by atoms with Crippen molar-refractivity contribution in [3.63, 3.8) is 0 Å². The molecule has 0 aromatic rings. The second kappa shape index (κ2) is 1.53. The van der Waals surface area contributed by atoms with E-state index in [0.717, 1.165) is 12.8 Å². The van der Waals surface area contributed by atoms with Gasteiger partial charge in [0.25, 0.3) is 0 Å². The summed E-state index contributed by atoms with van der Waals surface area (Å²) in [7, 11) is 1.39. The van der Waals surface area contributed by atoms with Gasteiger partial charge >= 0.3 is 6.41 Å². The Bertz CT molecular complexity index is 107. The standard InChI is InChI=1S/C5H9NO2/c1-6(8,4-7)5-2-3-5/h4-5H,2-3H2,1H3. The molecule has 46 valence electrons. The predicted molar refractivity (Wildman–Crippen MR) is 28.6 cm³/mol. The molecular weight excluding hydrogens is 106 g/mol. The lowest BCUT2D eigenvalue weighted by Gasteiger charge is -2.30. The number of quaternary nitrogens is 1. The molecule has 3 heteroatoms. The van der Waals surface area contributed by atoms with Crippen LogP contribution < -0.4 is 0 Å². The van der Waals surface area contributed by atoms with Gasteiger partial charge in [0.1, 0.15) is 0 Å². The van der Waals surface area contributed by atoms with Crippen molar-refractivity contribution in [1.29, 1.82) is 0 Å². The Morgan fingerprint density at radius 3 is 2.38 bits per heavy atom. The van der Waals surface area contributed by atoms with E-state index in [1.807, 2.05) is 0 Å². The van der Waals surface area contributed by atoms with E-state index in [1.165, 1.54) is 7.05 Å². The van der Waals surface area contributed by atoms with E-state index in [9.17, 15) is 10.0 Å². The van der Waals surface area contributed by atoms with Crippen LogP contribution in [0.2, 0.25) is 0 Å². The molecule has 1 amide bonds. The number of amides is 1. The van der Waals surface area contributed by atoms with Gasteiger partial charge in [-0.1, -0.05) is 0 Å². The zero-order chi connectivity index (χ0) is 6.20. The van der Waals surface area contributed by atoms with Crippen molar-refractivity contribution < 1.29 is 9.44 Å². The Hall–Kier alpha value is -0.410. The fraction of sp³-hybridized carbons (Fsp3) is 0.800. The largest absolute Gasteiger partial charge is 0.625 e. The molecule has 0 heterocycles. The molecule has 0 spiro atoms. The van der Waals surface area contributed by atoms with E-state index in [-0.39, 0.29) is 6.04 Å². The van der Waals surface area contributed by atoms with Crippen LogP contribution in [0.3, 0.4) is 0 Å². The van der Waals surface area contributed by atoms with E-state index >= 15 is 0 Å². The highest BCUT2D eigenvalue weighted by Crippen LogP contribution is 2.29. The van der Waals surface area contributed by atoms with Crippen molar-refractivity contribution in [3.8, 4) is 0 Å². The molecule has 1 aliphatic carbocycles. The molecular formula is C5H9NO2. The molecule has 1 fully saturated rings. The molecule has 1 atom stereocenters. The second-order valence-corrected chi connectivity index (χ2v) is 2.40. The minimum absolute atomic E-state index is 0.0764. The van der Waals surface area contributed by atoms with Crippen LogP contribution in [0.1, 0.15) is 12.8 Å². The quantitative estimate of drug-likeness (QED) is 0.294. The Kier molecular flexibility index (Phi) is 1.10. The van der Waals surface area contributed by atoms with E-state index in [4.69, 9.17) is 0 Å². The van der Waals surface area contributed by atoms with Crippen LogP contribution in [0.5, 0.6) is 0 Å². The number of hydrogen-bond donors (Lipinski definition) is 0. The molecule has 0 aromatic carbocycles. The summed E-state index contributed by atoms with van der Waals surface area (Å²) in [4.78, 5) is 9.97. The summed E-state index contributed by atoms with van der Waals surface area (Å²) in [5.74, 6) is 0. The van der Waals surface area contributed by atoms with Gasteiger partial charge in [0, 0.05) is 12.8 Å². The topological polar surface area (TPSA) is 40.1 Å². The highest BCUT2D eigenvalue weighted by Gasteiger charge is 2.35. The Morgan fingerprint density at radius 2 is 2.25 bits per heavy atom. The van der Waals surface area contributed by atoms with E-state index < -0.39 is 4.65 Å². The number of carbonyl (C=O) groups is 1. The zero-order valence-electron chi connectivity index (χ0n) is 4.83. The van der Waals surface area contributed by atoms with Gasteiger partial charge in [0.15, 0.2) is 0 Å². The smallest absolute Gasteiger partial charge is 0.301 e. The second-order valence-electron chi connectivity index (χ2n) is 2.40. The van der Waals surface area contributed by atoms with Gasteiger partial charge in [0.05, 0.1) is 13.1 Å². The van der Waals surface area contributed by atoms with Crippen LogP contribution >= 0.6 is 0 Å². The molecule has 1 unspecified atom stereocenters. The minimum Gasteiger partial charge on any atom is -0.625 e. The van der Waals surface area contributed by atoms with Gasteiger partial charge in [-0.25, -0.2) is 4.79 Å². The van der Waals surface area contributed by atoms with Crippen molar-refractivity contribution in [2.45, 2.75) is 18.9 Å². The van der Waals surface area contributed by atoms with Crippen LogP contribution in [0.25, 0.3) is 0 Å². The van der Waals surface area contributed by atoms with E-state index in [1.54, 1.807) is 0 Å². The van der Waals surface area contributed by atoms with Crippen molar-refractivity contribution in [3.05, 3.63) is 5.21 Å². The molecule has 3 nitrogen and oxygen atoms in total. The average molecular weight is 115 g/mol. The molecule has 0 aromatic heterocycles. The van der Waals surface area contributed by atoms with E-state index in [0.29, 0.717) is 6.41 Å². The van der Waals surface area contributed by atoms with Gasteiger partial charge in [-0.3, -0.25) is 0 Å². The third-order valence-electron chi connectivity index (χ3n) is 1.48. The van der Waals surface area contributed by atoms with Crippen molar-refractivity contribution in [2.24, 2.45) is 0 Å². The van der Waals surface area contributed by atoms with Crippen molar-refractivity contribution in [1.82, 2.24) is 0 Å². The van der Waals surface area contributed by atoms with Gasteiger partial charge in [-0.05, 0) is 0 Å². The summed E-state index contributed by atoms with van der Waals surface area (Å²) in [6.45, 7) is 0. The van der Waals surface area contributed by atoms with Gasteiger partial charge in [-0.15, -0.1) is 0 Å². The fourth-order valence-electron chi connectivity index (χ4n) is 0.673. The lowest BCUT2D eigenvalue weighted by molar-refractivity contribution is -0.784. The zero-order valence-corrected chi connectivity index (χ0v) is 4.83. The predicted octanol–water partition coefficient (Wildman–Crippen LogP) is 0.250. The summed E-state index contributed by atoms with van der Waals surface area (Å²) in [6, 6.07) is 0.0764. The molecule has 0 bridgehead atoms. The first-order chi connectivity index (χ1) is 3.67. The first-order valence-electron chi connectivity index (χ1n) is 2.70.